The van der Waals surface area contributed by atoms with Gasteiger partial charge in [-0.05, 0) is 36.4 Å². The van der Waals surface area contributed by atoms with E-state index in [1.165, 1.54) is 0 Å². The molecule has 0 amide bonds. The minimum Gasteiger partial charge on any atom is -0.497 e. The molecule has 0 fully saturated rings. The van der Waals surface area contributed by atoms with Crippen LogP contribution in [-0.4, -0.2) is 24.2 Å². The van der Waals surface area contributed by atoms with Crippen LogP contribution in [-0.2, 0) is 0 Å². The first-order valence-corrected chi connectivity index (χ1v) is 7.37. The number of ether oxygens (including phenoxy) is 2. The van der Waals surface area contributed by atoms with Crippen molar-refractivity contribution in [3.05, 3.63) is 54.7 Å². The lowest BCUT2D eigenvalue weighted by Gasteiger charge is -2.09. The molecular weight excluding hydrogens is 304 g/mol. The molecule has 0 spiro atoms. The summed E-state index contributed by atoms with van der Waals surface area (Å²) in [6.07, 6.45) is 1.70. The summed E-state index contributed by atoms with van der Waals surface area (Å²) >= 11 is 0. The van der Waals surface area contributed by atoms with E-state index in [1.807, 2.05) is 48.5 Å². The van der Waals surface area contributed by atoms with Crippen LogP contribution in [0.5, 0.6) is 11.5 Å². The molecule has 0 bridgehead atoms. The summed E-state index contributed by atoms with van der Waals surface area (Å²) in [7, 11) is 3.22. The maximum absolute atomic E-state index is 5.96. The smallest absolute Gasteiger partial charge is 0.227 e. The van der Waals surface area contributed by atoms with Crippen molar-refractivity contribution in [3.8, 4) is 22.8 Å². The van der Waals surface area contributed by atoms with E-state index in [0.717, 1.165) is 22.7 Å². The van der Waals surface area contributed by atoms with Crippen molar-refractivity contribution in [1.82, 2.24) is 9.97 Å². The van der Waals surface area contributed by atoms with E-state index in [0.29, 0.717) is 17.4 Å². The van der Waals surface area contributed by atoms with Crippen LogP contribution in [0, 0.1) is 0 Å². The molecule has 1 aromatic heterocycles. The Morgan fingerprint density at radius 1 is 1.00 bits per heavy atom. The number of nitrogens with two attached hydrogens (primary N) is 1. The number of nitrogens with one attached hydrogen (secondary N) is 1. The number of anilines is 3. The molecule has 6 heteroatoms. The van der Waals surface area contributed by atoms with Gasteiger partial charge >= 0.3 is 0 Å². The standard InChI is InChI=1S/C18H18N4O2/c1-23-14-5-3-4-13(11-14)21-18-20-9-8-16(22-18)12-6-7-17(24-2)15(19)10-12/h3-11H,19H2,1-2H3,(H,20,21,22). The van der Waals surface area contributed by atoms with Gasteiger partial charge in [0.05, 0.1) is 25.6 Å². The molecule has 0 aliphatic heterocycles. The van der Waals surface area contributed by atoms with E-state index in [-0.39, 0.29) is 0 Å². The third-order valence-electron chi connectivity index (χ3n) is 3.51. The van der Waals surface area contributed by atoms with Crippen LogP contribution in [0.3, 0.4) is 0 Å². The molecule has 0 aliphatic carbocycles. The Bertz CT molecular complexity index is 852. The molecular formula is C18H18N4O2. The van der Waals surface area contributed by atoms with Crippen LogP contribution in [0.25, 0.3) is 11.3 Å². The number of methoxy groups -OCH3 is 2. The Morgan fingerprint density at radius 3 is 2.62 bits per heavy atom. The Labute approximate surface area is 140 Å². The monoisotopic (exact) mass is 322 g/mol. The first-order valence-electron chi connectivity index (χ1n) is 7.37. The van der Waals surface area contributed by atoms with Crippen LogP contribution >= 0.6 is 0 Å². The van der Waals surface area contributed by atoms with Gasteiger partial charge in [0.25, 0.3) is 0 Å². The Kier molecular flexibility index (Phi) is 4.47. The second-order valence-corrected chi connectivity index (χ2v) is 5.08. The summed E-state index contributed by atoms with van der Waals surface area (Å²) in [6, 6.07) is 15.0. The Morgan fingerprint density at radius 2 is 1.88 bits per heavy atom. The summed E-state index contributed by atoms with van der Waals surface area (Å²) in [5.41, 5.74) is 9.04. The lowest BCUT2D eigenvalue weighted by molar-refractivity contribution is 0.415. The Hall–Kier alpha value is -3.28. The van der Waals surface area contributed by atoms with Crippen LogP contribution in [0.2, 0.25) is 0 Å². The summed E-state index contributed by atoms with van der Waals surface area (Å²) in [5.74, 6) is 1.90. The van der Waals surface area contributed by atoms with E-state index in [9.17, 15) is 0 Å². The molecule has 0 saturated carbocycles. The zero-order valence-corrected chi connectivity index (χ0v) is 13.5. The second-order valence-electron chi connectivity index (χ2n) is 5.08. The number of benzene rings is 2. The van der Waals surface area contributed by atoms with Gasteiger partial charge in [-0.15, -0.1) is 0 Å². The van der Waals surface area contributed by atoms with Gasteiger partial charge in [-0.2, -0.15) is 0 Å². The fourth-order valence-corrected chi connectivity index (χ4v) is 2.30. The van der Waals surface area contributed by atoms with E-state index in [4.69, 9.17) is 15.2 Å². The van der Waals surface area contributed by atoms with Gasteiger partial charge in [0.2, 0.25) is 5.95 Å². The van der Waals surface area contributed by atoms with Gasteiger partial charge in [0.15, 0.2) is 0 Å². The lowest BCUT2D eigenvalue weighted by atomic mass is 10.1. The van der Waals surface area contributed by atoms with Gasteiger partial charge in [0, 0.05) is 23.5 Å². The number of hydrogen-bond acceptors (Lipinski definition) is 6. The van der Waals surface area contributed by atoms with Crippen molar-refractivity contribution in [2.75, 3.05) is 25.3 Å². The topological polar surface area (TPSA) is 82.3 Å². The van der Waals surface area contributed by atoms with Crippen molar-refractivity contribution in [2.24, 2.45) is 0 Å². The van der Waals surface area contributed by atoms with Crippen LogP contribution < -0.4 is 20.5 Å². The summed E-state index contributed by atoms with van der Waals surface area (Å²) < 4.78 is 10.4. The van der Waals surface area contributed by atoms with E-state index < -0.39 is 0 Å². The first kappa shape index (κ1) is 15.6. The van der Waals surface area contributed by atoms with Gasteiger partial charge < -0.3 is 20.5 Å². The first-order chi connectivity index (χ1) is 11.7. The average molecular weight is 322 g/mol. The van der Waals surface area contributed by atoms with Crippen LogP contribution in [0.15, 0.2) is 54.7 Å². The molecule has 3 rings (SSSR count). The number of rotatable bonds is 5. The highest BCUT2D eigenvalue weighted by molar-refractivity contribution is 5.69. The number of hydrogen-bond donors (Lipinski definition) is 2. The highest BCUT2D eigenvalue weighted by Gasteiger charge is 2.06. The highest BCUT2D eigenvalue weighted by atomic mass is 16.5. The van der Waals surface area contributed by atoms with Crippen molar-refractivity contribution in [3.63, 3.8) is 0 Å². The van der Waals surface area contributed by atoms with Crippen molar-refractivity contribution in [2.45, 2.75) is 0 Å². The lowest BCUT2D eigenvalue weighted by Crippen LogP contribution is -1.99. The third-order valence-corrected chi connectivity index (χ3v) is 3.51. The minimum absolute atomic E-state index is 0.496. The predicted octanol–water partition coefficient (Wildman–Crippen LogP) is 3.49. The molecule has 6 nitrogen and oxygen atoms in total. The highest BCUT2D eigenvalue weighted by Crippen LogP contribution is 2.28. The SMILES string of the molecule is COc1cccc(Nc2nccc(-c3ccc(OC)c(N)c3)n2)c1. The van der Waals surface area contributed by atoms with Crippen LogP contribution in [0.1, 0.15) is 0 Å². The Balaban J connectivity index is 1.87. The molecule has 3 aromatic rings. The molecule has 24 heavy (non-hydrogen) atoms. The molecule has 2 aromatic carbocycles. The molecule has 0 unspecified atom stereocenters. The van der Waals surface area contributed by atoms with Crippen LogP contribution in [0.4, 0.5) is 17.3 Å². The van der Waals surface area contributed by atoms with E-state index in [1.54, 1.807) is 20.4 Å². The van der Waals surface area contributed by atoms with Crippen molar-refractivity contribution < 1.29 is 9.47 Å². The van der Waals surface area contributed by atoms with Gasteiger partial charge in [-0.1, -0.05) is 6.07 Å². The number of nitrogens with zero attached hydrogens (tertiary/aromatic N) is 2. The quantitative estimate of drug-likeness (QED) is 0.700. The molecule has 0 radical (unpaired) electrons. The molecule has 0 saturated heterocycles. The zero-order valence-electron chi connectivity index (χ0n) is 13.5. The second kappa shape index (κ2) is 6.87. The third kappa shape index (κ3) is 3.38. The van der Waals surface area contributed by atoms with Crippen molar-refractivity contribution >= 4 is 17.3 Å². The van der Waals surface area contributed by atoms with Gasteiger partial charge in [-0.3, -0.25) is 0 Å². The van der Waals surface area contributed by atoms with Crippen molar-refractivity contribution in [1.29, 1.82) is 0 Å². The molecule has 0 atom stereocenters. The number of nitrogen functional groups attached to an aromatic ring is 1. The maximum Gasteiger partial charge on any atom is 0.227 e. The van der Waals surface area contributed by atoms with Gasteiger partial charge in [0.1, 0.15) is 11.5 Å². The van der Waals surface area contributed by atoms with E-state index in [2.05, 4.69) is 15.3 Å². The fourth-order valence-electron chi connectivity index (χ4n) is 2.30. The summed E-state index contributed by atoms with van der Waals surface area (Å²) in [5, 5.41) is 3.17. The predicted molar refractivity (Wildman–Crippen MR) is 94.7 cm³/mol. The molecule has 122 valence electrons. The fraction of sp³-hybridized carbons (Fsp3) is 0.111. The maximum atomic E-state index is 5.96. The van der Waals surface area contributed by atoms with E-state index >= 15 is 0 Å². The number of aromatic nitrogens is 2. The summed E-state index contributed by atoms with van der Waals surface area (Å²) in [4.78, 5) is 8.78. The average Bonchev–Trinajstić information content (AvgIpc) is 2.62. The van der Waals surface area contributed by atoms with Gasteiger partial charge in [-0.25, -0.2) is 9.97 Å². The molecule has 3 N–H and O–H groups in total. The summed E-state index contributed by atoms with van der Waals surface area (Å²) in [6.45, 7) is 0. The molecule has 1 heterocycles. The molecule has 0 aliphatic rings. The zero-order chi connectivity index (χ0) is 16.9. The largest absolute Gasteiger partial charge is 0.497 e. The minimum atomic E-state index is 0.496. The normalized spacial score (nSPS) is 10.2.